The molecule has 1 aromatic rings. The molecule has 2 N–H and O–H groups in total. The summed E-state index contributed by atoms with van der Waals surface area (Å²) in [6, 6.07) is 1.32. The van der Waals surface area contributed by atoms with Gasteiger partial charge in [0.2, 0.25) is 0 Å². The predicted octanol–water partition coefficient (Wildman–Crippen LogP) is 1.60. The van der Waals surface area contributed by atoms with Crippen molar-refractivity contribution in [1.29, 1.82) is 0 Å². The van der Waals surface area contributed by atoms with Crippen molar-refractivity contribution >= 4 is 5.91 Å². The molecule has 0 saturated carbocycles. The van der Waals surface area contributed by atoms with E-state index < -0.39 is 29.4 Å². The minimum absolute atomic E-state index is 0.337. The number of halogens is 3. The van der Waals surface area contributed by atoms with Crippen molar-refractivity contribution in [3.8, 4) is 0 Å². The molecule has 0 radical (unpaired) electrons. The Bertz CT molecular complexity index is 417. The molecule has 18 heavy (non-hydrogen) atoms. The molecule has 7 heteroatoms. The van der Waals surface area contributed by atoms with Gasteiger partial charge < -0.3 is 10.4 Å². The van der Waals surface area contributed by atoms with Gasteiger partial charge in [-0.3, -0.25) is 9.78 Å². The molecule has 100 valence electrons. The van der Waals surface area contributed by atoms with E-state index in [2.05, 4.69) is 10.3 Å². The molecule has 0 spiro atoms. The van der Waals surface area contributed by atoms with Crippen molar-refractivity contribution in [2.24, 2.45) is 0 Å². The highest BCUT2D eigenvalue weighted by atomic mass is 19.4. The van der Waals surface area contributed by atoms with Crippen molar-refractivity contribution in [3.05, 3.63) is 29.6 Å². The Morgan fingerprint density at radius 3 is 2.72 bits per heavy atom. The topological polar surface area (TPSA) is 62.2 Å². The van der Waals surface area contributed by atoms with Gasteiger partial charge in [-0.1, -0.05) is 6.92 Å². The smallest absolute Gasteiger partial charge is 0.394 e. The lowest BCUT2D eigenvalue weighted by Gasteiger charge is -2.16. The Hall–Kier alpha value is -1.63. The van der Waals surface area contributed by atoms with Gasteiger partial charge in [0, 0.05) is 6.20 Å². The van der Waals surface area contributed by atoms with Gasteiger partial charge in [0.1, 0.15) is 5.69 Å². The lowest BCUT2D eigenvalue weighted by Crippen LogP contribution is -2.38. The summed E-state index contributed by atoms with van der Waals surface area (Å²) < 4.78 is 37.9. The average molecular weight is 262 g/mol. The fraction of sp³-hybridized carbons (Fsp3) is 0.455. The van der Waals surface area contributed by atoms with E-state index in [9.17, 15) is 18.0 Å². The number of aromatic nitrogens is 1. The van der Waals surface area contributed by atoms with Gasteiger partial charge in [-0.2, -0.15) is 13.2 Å². The second kappa shape index (κ2) is 5.81. The Labute approximate surface area is 102 Å². The van der Waals surface area contributed by atoms with Crippen LogP contribution >= 0.6 is 0 Å². The highest BCUT2D eigenvalue weighted by molar-refractivity contribution is 5.94. The molecule has 1 rings (SSSR count). The summed E-state index contributed by atoms with van der Waals surface area (Å²) in [6.45, 7) is 1.36. The van der Waals surface area contributed by atoms with E-state index in [0.717, 1.165) is 18.3 Å². The minimum atomic E-state index is -4.64. The van der Waals surface area contributed by atoms with Crippen LogP contribution < -0.4 is 5.32 Å². The lowest BCUT2D eigenvalue weighted by molar-refractivity contribution is -0.138. The van der Waals surface area contributed by atoms with Crippen LogP contribution in [0.5, 0.6) is 0 Å². The first kappa shape index (κ1) is 14.4. The molecular formula is C11H13F3N2O2. The second-order valence-corrected chi connectivity index (χ2v) is 3.66. The van der Waals surface area contributed by atoms with Crippen LogP contribution in [0.15, 0.2) is 18.3 Å². The van der Waals surface area contributed by atoms with Crippen LogP contribution in [0, 0.1) is 0 Å². The second-order valence-electron chi connectivity index (χ2n) is 3.66. The maximum atomic E-state index is 12.6. The summed E-state index contributed by atoms with van der Waals surface area (Å²) in [7, 11) is 0. The van der Waals surface area contributed by atoms with Crippen LogP contribution in [-0.2, 0) is 6.18 Å². The maximum absolute atomic E-state index is 12.6. The number of alkyl halides is 3. The van der Waals surface area contributed by atoms with Crippen LogP contribution in [0.2, 0.25) is 0 Å². The van der Waals surface area contributed by atoms with Crippen molar-refractivity contribution in [1.82, 2.24) is 10.3 Å². The number of nitrogens with zero attached hydrogens (tertiary/aromatic N) is 1. The fourth-order valence-electron chi connectivity index (χ4n) is 1.35. The average Bonchev–Trinajstić information content (AvgIpc) is 2.34. The third kappa shape index (κ3) is 3.43. The van der Waals surface area contributed by atoms with Gasteiger partial charge in [0.05, 0.1) is 18.2 Å². The van der Waals surface area contributed by atoms with E-state index in [1.54, 1.807) is 6.92 Å². The molecule has 1 atom stereocenters. The van der Waals surface area contributed by atoms with Gasteiger partial charge in [0.15, 0.2) is 0 Å². The first-order valence-electron chi connectivity index (χ1n) is 5.34. The molecule has 4 nitrogen and oxygen atoms in total. The summed E-state index contributed by atoms with van der Waals surface area (Å²) in [6.07, 6.45) is -3.11. The monoisotopic (exact) mass is 262 g/mol. The van der Waals surface area contributed by atoms with Crippen molar-refractivity contribution in [3.63, 3.8) is 0 Å². The van der Waals surface area contributed by atoms with E-state index >= 15 is 0 Å². The number of nitrogens with one attached hydrogen (secondary N) is 1. The number of hydrogen-bond donors (Lipinski definition) is 2. The molecule has 0 aliphatic carbocycles. The van der Waals surface area contributed by atoms with Crippen molar-refractivity contribution in [2.45, 2.75) is 25.6 Å². The van der Waals surface area contributed by atoms with Crippen molar-refractivity contribution in [2.75, 3.05) is 6.61 Å². The number of aliphatic hydroxyl groups is 1. The predicted molar refractivity (Wildman–Crippen MR) is 57.9 cm³/mol. The Balaban J connectivity index is 2.99. The lowest BCUT2D eigenvalue weighted by atomic mass is 10.1. The van der Waals surface area contributed by atoms with E-state index in [-0.39, 0.29) is 6.61 Å². The van der Waals surface area contributed by atoms with Gasteiger partial charge in [-0.05, 0) is 18.6 Å². The fourth-order valence-corrected chi connectivity index (χ4v) is 1.35. The number of rotatable bonds is 4. The van der Waals surface area contributed by atoms with Crippen LogP contribution in [0.4, 0.5) is 13.2 Å². The summed E-state index contributed by atoms with van der Waals surface area (Å²) >= 11 is 0. The summed E-state index contributed by atoms with van der Waals surface area (Å²) in [5.74, 6) is -0.941. The maximum Gasteiger partial charge on any atom is 0.418 e. The van der Waals surface area contributed by atoms with E-state index in [0.29, 0.717) is 6.42 Å². The largest absolute Gasteiger partial charge is 0.418 e. The molecule has 0 aliphatic rings. The number of amides is 1. The van der Waals surface area contributed by atoms with E-state index in [4.69, 9.17) is 5.11 Å². The Kier molecular flexibility index (Phi) is 4.66. The number of pyridine rings is 1. The standard InChI is InChI=1S/C11H13F3N2O2/c1-2-7(6-17)16-10(18)9-8(11(12,13)14)4-3-5-15-9/h3-5,7,17H,2,6H2,1H3,(H,16,18)/t7-/m1/s1. The molecule has 1 amide bonds. The Morgan fingerprint density at radius 2 is 2.22 bits per heavy atom. The summed E-state index contributed by atoms with van der Waals surface area (Å²) in [5.41, 5.74) is -1.77. The highest BCUT2D eigenvalue weighted by Gasteiger charge is 2.36. The number of hydrogen-bond acceptors (Lipinski definition) is 3. The third-order valence-electron chi connectivity index (χ3n) is 2.38. The molecule has 0 aromatic carbocycles. The van der Waals surface area contributed by atoms with Crippen LogP contribution in [0.3, 0.4) is 0 Å². The van der Waals surface area contributed by atoms with Crippen LogP contribution in [0.25, 0.3) is 0 Å². The number of aliphatic hydroxyl groups excluding tert-OH is 1. The van der Waals surface area contributed by atoms with Gasteiger partial charge in [-0.25, -0.2) is 0 Å². The summed E-state index contributed by atoms with van der Waals surface area (Å²) in [4.78, 5) is 15.1. The number of carbonyl (C=O) groups excluding carboxylic acids is 1. The molecule has 0 saturated heterocycles. The molecule has 1 heterocycles. The van der Waals surface area contributed by atoms with Gasteiger partial charge in [-0.15, -0.1) is 0 Å². The zero-order valence-corrected chi connectivity index (χ0v) is 9.66. The van der Waals surface area contributed by atoms with Crippen LogP contribution in [0.1, 0.15) is 29.4 Å². The first-order valence-corrected chi connectivity index (χ1v) is 5.34. The highest BCUT2D eigenvalue weighted by Crippen LogP contribution is 2.30. The van der Waals surface area contributed by atoms with E-state index in [1.165, 1.54) is 0 Å². The quantitative estimate of drug-likeness (QED) is 0.866. The van der Waals surface area contributed by atoms with Crippen LogP contribution in [-0.4, -0.2) is 28.6 Å². The number of carbonyl (C=O) groups is 1. The molecule has 1 aromatic heterocycles. The minimum Gasteiger partial charge on any atom is -0.394 e. The molecular weight excluding hydrogens is 249 g/mol. The van der Waals surface area contributed by atoms with Gasteiger partial charge in [0.25, 0.3) is 5.91 Å². The zero-order valence-electron chi connectivity index (χ0n) is 9.66. The first-order chi connectivity index (χ1) is 8.40. The van der Waals surface area contributed by atoms with Gasteiger partial charge >= 0.3 is 6.18 Å². The Morgan fingerprint density at radius 1 is 1.56 bits per heavy atom. The molecule has 0 aliphatic heterocycles. The zero-order chi connectivity index (χ0) is 13.8. The van der Waals surface area contributed by atoms with Crippen molar-refractivity contribution < 1.29 is 23.1 Å². The van der Waals surface area contributed by atoms with E-state index in [1.807, 2.05) is 0 Å². The molecule has 0 unspecified atom stereocenters. The molecule has 0 bridgehead atoms. The normalized spacial score (nSPS) is 13.2. The third-order valence-corrected chi connectivity index (χ3v) is 2.38. The summed E-state index contributed by atoms with van der Waals surface area (Å²) in [5, 5.41) is 11.2. The molecule has 0 fully saturated rings. The SMILES string of the molecule is CC[C@H](CO)NC(=O)c1ncccc1C(F)(F)F.